The molecule has 0 saturated carbocycles. The first-order valence-electron chi connectivity index (χ1n) is 10.9. The van der Waals surface area contributed by atoms with Crippen molar-refractivity contribution < 1.29 is 13.9 Å². The summed E-state index contributed by atoms with van der Waals surface area (Å²) in [7, 11) is 3.30. The standard InChI is InChI=1S/C25H29FN4O2/c1-16-4-5-19(21(14-16)32-3)15-30-12-10-18(11-13-30)24-28-22(23(29-24)25(31)27-2)17-6-8-20(26)9-7-17/h4-9,14,18H,10-13,15H2,1-3H3,(H,27,31)(H,28,29). The number of likely N-dealkylation sites (tertiary alicyclic amines) is 1. The van der Waals surface area contributed by atoms with Crippen LogP contribution in [0.15, 0.2) is 42.5 Å². The zero-order valence-electron chi connectivity index (χ0n) is 18.7. The quantitative estimate of drug-likeness (QED) is 0.605. The molecular weight excluding hydrogens is 407 g/mol. The average Bonchev–Trinajstić information content (AvgIpc) is 3.26. The molecule has 0 radical (unpaired) electrons. The molecule has 0 unspecified atom stereocenters. The lowest BCUT2D eigenvalue weighted by atomic mass is 9.95. The maximum absolute atomic E-state index is 13.4. The number of nitrogens with zero attached hydrogens (tertiary/aromatic N) is 2. The topological polar surface area (TPSA) is 70.2 Å². The van der Waals surface area contributed by atoms with E-state index in [4.69, 9.17) is 9.72 Å². The second-order valence-corrected chi connectivity index (χ2v) is 8.30. The van der Waals surface area contributed by atoms with Gasteiger partial charge in [-0.05, 0) is 68.8 Å². The molecule has 1 saturated heterocycles. The number of hydrogen-bond donors (Lipinski definition) is 2. The van der Waals surface area contributed by atoms with Crippen molar-refractivity contribution in [2.75, 3.05) is 27.2 Å². The molecule has 1 amide bonds. The number of H-pyrrole nitrogens is 1. The minimum atomic E-state index is -0.316. The lowest BCUT2D eigenvalue weighted by molar-refractivity contribution is 0.0959. The number of piperidine rings is 1. The number of benzene rings is 2. The number of rotatable bonds is 6. The summed E-state index contributed by atoms with van der Waals surface area (Å²) in [6, 6.07) is 12.4. The molecule has 1 aliphatic heterocycles. The fourth-order valence-corrected chi connectivity index (χ4v) is 4.28. The maximum atomic E-state index is 13.4. The Hall–Kier alpha value is -3.19. The Morgan fingerprint density at radius 1 is 1.22 bits per heavy atom. The van der Waals surface area contributed by atoms with Crippen LogP contribution in [0.3, 0.4) is 0 Å². The fourth-order valence-electron chi connectivity index (χ4n) is 4.28. The van der Waals surface area contributed by atoms with Crippen LogP contribution in [0.25, 0.3) is 11.3 Å². The molecule has 0 atom stereocenters. The van der Waals surface area contributed by atoms with E-state index >= 15 is 0 Å². The van der Waals surface area contributed by atoms with E-state index in [1.165, 1.54) is 23.3 Å². The van der Waals surface area contributed by atoms with Gasteiger partial charge in [-0.15, -0.1) is 0 Å². The van der Waals surface area contributed by atoms with Crippen molar-refractivity contribution in [1.82, 2.24) is 20.2 Å². The van der Waals surface area contributed by atoms with Crippen LogP contribution in [0.4, 0.5) is 4.39 Å². The molecule has 1 fully saturated rings. The van der Waals surface area contributed by atoms with Crippen molar-refractivity contribution in [3.8, 4) is 17.0 Å². The van der Waals surface area contributed by atoms with Gasteiger partial charge >= 0.3 is 0 Å². The number of imidazole rings is 1. The Morgan fingerprint density at radius 3 is 2.59 bits per heavy atom. The summed E-state index contributed by atoms with van der Waals surface area (Å²) in [5, 5.41) is 2.66. The molecule has 2 heterocycles. The second-order valence-electron chi connectivity index (χ2n) is 8.30. The molecule has 2 N–H and O–H groups in total. The minimum absolute atomic E-state index is 0.230. The fraction of sp³-hybridized carbons (Fsp3) is 0.360. The van der Waals surface area contributed by atoms with Gasteiger partial charge in [0.1, 0.15) is 28.8 Å². The van der Waals surface area contributed by atoms with Crippen molar-refractivity contribution in [1.29, 1.82) is 0 Å². The highest BCUT2D eigenvalue weighted by Crippen LogP contribution is 2.31. The van der Waals surface area contributed by atoms with Crippen molar-refractivity contribution >= 4 is 5.91 Å². The summed E-state index contributed by atoms with van der Waals surface area (Å²) in [4.78, 5) is 22.9. The van der Waals surface area contributed by atoms with E-state index < -0.39 is 0 Å². The number of aryl methyl sites for hydroxylation is 1. The van der Waals surface area contributed by atoms with E-state index in [0.29, 0.717) is 11.4 Å². The van der Waals surface area contributed by atoms with Crippen LogP contribution in [-0.4, -0.2) is 48.0 Å². The largest absolute Gasteiger partial charge is 0.496 e. The van der Waals surface area contributed by atoms with E-state index in [2.05, 4.69) is 40.3 Å². The lowest BCUT2D eigenvalue weighted by Crippen LogP contribution is -2.33. The maximum Gasteiger partial charge on any atom is 0.269 e. The molecule has 1 aliphatic rings. The molecule has 0 bridgehead atoms. The molecule has 0 spiro atoms. The summed E-state index contributed by atoms with van der Waals surface area (Å²) in [5.74, 6) is 1.44. The Labute approximate surface area is 187 Å². The molecule has 1 aromatic heterocycles. The van der Waals surface area contributed by atoms with Crippen LogP contribution in [-0.2, 0) is 6.54 Å². The van der Waals surface area contributed by atoms with Gasteiger partial charge in [-0.3, -0.25) is 9.69 Å². The third-order valence-electron chi connectivity index (χ3n) is 6.10. The van der Waals surface area contributed by atoms with Gasteiger partial charge in [-0.2, -0.15) is 0 Å². The van der Waals surface area contributed by atoms with Crippen LogP contribution in [0.1, 0.15) is 46.2 Å². The molecular formula is C25H29FN4O2. The van der Waals surface area contributed by atoms with Gasteiger partial charge in [0.05, 0.1) is 7.11 Å². The van der Waals surface area contributed by atoms with E-state index in [0.717, 1.165) is 49.6 Å². The monoisotopic (exact) mass is 436 g/mol. The first kappa shape index (κ1) is 22.0. The minimum Gasteiger partial charge on any atom is -0.496 e. The number of ether oxygens (including phenoxy) is 1. The van der Waals surface area contributed by atoms with Crippen molar-refractivity contribution in [2.45, 2.75) is 32.2 Å². The summed E-state index contributed by atoms with van der Waals surface area (Å²) in [6.07, 6.45) is 1.88. The molecule has 7 heteroatoms. The van der Waals surface area contributed by atoms with Crippen molar-refractivity contribution in [2.24, 2.45) is 0 Å². The van der Waals surface area contributed by atoms with Crippen LogP contribution in [0.5, 0.6) is 5.75 Å². The molecule has 168 valence electrons. The van der Waals surface area contributed by atoms with Crippen LogP contribution in [0.2, 0.25) is 0 Å². The average molecular weight is 437 g/mol. The van der Waals surface area contributed by atoms with Gasteiger partial charge in [0.2, 0.25) is 0 Å². The summed E-state index contributed by atoms with van der Waals surface area (Å²) in [6.45, 7) is 4.78. The lowest BCUT2D eigenvalue weighted by Gasteiger charge is -2.31. The number of amides is 1. The molecule has 2 aromatic carbocycles. The Kier molecular flexibility index (Phi) is 6.55. The zero-order valence-corrected chi connectivity index (χ0v) is 18.7. The number of aromatic amines is 1. The zero-order chi connectivity index (χ0) is 22.7. The highest BCUT2D eigenvalue weighted by Gasteiger charge is 2.26. The normalized spacial score (nSPS) is 15.0. The smallest absolute Gasteiger partial charge is 0.269 e. The van der Waals surface area contributed by atoms with E-state index in [9.17, 15) is 9.18 Å². The third-order valence-corrected chi connectivity index (χ3v) is 6.10. The first-order valence-corrected chi connectivity index (χ1v) is 10.9. The number of nitrogens with one attached hydrogen (secondary N) is 2. The SMILES string of the molecule is CNC(=O)c1[nH]c(C2CCN(Cc3ccc(C)cc3OC)CC2)nc1-c1ccc(F)cc1. The van der Waals surface area contributed by atoms with Gasteiger partial charge in [0.15, 0.2) is 0 Å². The number of carbonyl (C=O) groups excluding carboxylic acids is 1. The van der Waals surface area contributed by atoms with Gasteiger partial charge in [0, 0.05) is 30.6 Å². The summed E-state index contributed by atoms with van der Waals surface area (Å²) in [5.41, 5.74) is 4.07. The van der Waals surface area contributed by atoms with Gasteiger partial charge in [0.25, 0.3) is 5.91 Å². The van der Waals surface area contributed by atoms with Crippen LogP contribution >= 0.6 is 0 Å². The van der Waals surface area contributed by atoms with Gasteiger partial charge < -0.3 is 15.0 Å². The van der Waals surface area contributed by atoms with Gasteiger partial charge in [-0.25, -0.2) is 9.37 Å². The highest BCUT2D eigenvalue weighted by molar-refractivity contribution is 5.98. The van der Waals surface area contributed by atoms with E-state index in [-0.39, 0.29) is 17.6 Å². The predicted octanol–water partition coefficient (Wildman–Crippen LogP) is 4.27. The molecule has 0 aliphatic carbocycles. The van der Waals surface area contributed by atoms with E-state index in [1.54, 1.807) is 26.3 Å². The summed E-state index contributed by atoms with van der Waals surface area (Å²) >= 11 is 0. The number of methoxy groups -OCH3 is 1. The third kappa shape index (κ3) is 4.67. The van der Waals surface area contributed by atoms with Gasteiger partial charge in [-0.1, -0.05) is 12.1 Å². The number of aromatic nitrogens is 2. The summed E-state index contributed by atoms with van der Waals surface area (Å²) < 4.78 is 18.9. The molecule has 32 heavy (non-hydrogen) atoms. The van der Waals surface area contributed by atoms with E-state index in [1.807, 2.05) is 0 Å². The number of hydrogen-bond acceptors (Lipinski definition) is 4. The first-order chi connectivity index (χ1) is 15.5. The molecule has 4 rings (SSSR count). The molecule has 3 aromatic rings. The second kappa shape index (κ2) is 9.53. The van der Waals surface area contributed by atoms with Crippen LogP contribution in [0, 0.1) is 12.7 Å². The van der Waals surface area contributed by atoms with Crippen molar-refractivity contribution in [3.05, 3.63) is 70.9 Å². The Bertz CT molecular complexity index is 1090. The predicted molar refractivity (Wildman–Crippen MR) is 122 cm³/mol. The number of halogens is 1. The number of carbonyl (C=O) groups is 1. The van der Waals surface area contributed by atoms with Crippen LogP contribution < -0.4 is 10.1 Å². The van der Waals surface area contributed by atoms with Crippen molar-refractivity contribution in [3.63, 3.8) is 0 Å². The Balaban J connectivity index is 1.49. The Morgan fingerprint density at radius 2 is 1.94 bits per heavy atom. The highest BCUT2D eigenvalue weighted by atomic mass is 19.1. The molecule has 6 nitrogen and oxygen atoms in total.